The summed E-state index contributed by atoms with van der Waals surface area (Å²) in [6, 6.07) is 1.75. The fraction of sp³-hybridized carbons (Fsp3) is 0.667. The van der Waals surface area contributed by atoms with Crippen LogP contribution in [0, 0.1) is 5.92 Å². The van der Waals surface area contributed by atoms with Crippen molar-refractivity contribution in [1.82, 2.24) is 9.78 Å². The Morgan fingerprint density at radius 2 is 2.29 bits per heavy atom. The predicted octanol–water partition coefficient (Wildman–Crippen LogP) is 1.02. The maximum atomic E-state index is 11.4. The number of hydrogen-bond acceptors (Lipinski definition) is 3. The zero-order chi connectivity index (χ0) is 12.6. The van der Waals surface area contributed by atoms with Gasteiger partial charge in [0, 0.05) is 12.7 Å². The number of carbonyl (C=O) groups is 1. The molecule has 1 fully saturated rings. The average molecular weight is 238 g/mol. The van der Waals surface area contributed by atoms with E-state index in [9.17, 15) is 15.0 Å². The van der Waals surface area contributed by atoms with Gasteiger partial charge in [-0.05, 0) is 24.8 Å². The van der Waals surface area contributed by atoms with E-state index in [2.05, 4.69) is 18.9 Å². The van der Waals surface area contributed by atoms with Gasteiger partial charge in [0.05, 0.1) is 11.8 Å². The van der Waals surface area contributed by atoms with Crippen molar-refractivity contribution in [2.24, 2.45) is 5.92 Å². The lowest BCUT2D eigenvalue weighted by Crippen LogP contribution is -2.51. The van der Waals surface area contributed by atoms with E-state index in [1.54, 1.807) is 16.9 Å². The molecule has 0 atom stereocenters. The molecule has 1 aromatic rings. The number of aliphatic carboxylic acids is 1. The zero-order valence-electron chi connectivity index (χ0n) is 10.1. The highest BCUT2D eigenvalue weighted by atomic mass is 16.4. The minimum atomic E-state index is -0.940. The highest BCUT2D eigenvalue weighted by molar-refractivity contribution is 5.82. The largest absolute Gasteiger partial charge is 0.481 e. The van der Waals surface area contributed by atoms with E-state index in [1.807, 2.05) is 0 Å². The molecule has 0 bridgehead atoms. The Hall–Kier alpha value is -1.36. The molecule has 0 saturated heterocycles. The number of carboxylic acids is 1. The van der Waals surface area contributed by atoms with Gasteiger partial charge in [-0.15, -0.1) is 0 Å². The summed E-state index contributed by atoms with van der Waals surface area (Å²) in [5.41, 5.74) is -0.228. The number of hydrogen-bond donors (Lipinski definition) is 2. The minimum Gasteiger partial charge on any atom is -0.481 e. The number of aliphatic hydroxyl groups excluding tert-OH is 1. The highest BCUT2D eigenvalue weighted by Gasteiger charge is 2.53. The molecule has 1 saturated carbocycles. The first-order valence-electron chi connectivity index (χ1n) is 5.89. The van der Waals surface area contributed by atoms with Crippen LogP contribution in [0.4, 0.5) is 0 Å². The third kappa shape index (κ3) is 1.95. The lowest BCUT2D eigenvalue weighted by atomic mass is 9.64. The molecule has 2 N–H and O–H groups in total. The van der Waals surface area contributed by atoms with E-state index >= 15 is 0 Å². The Morgan fingerprint density at radius 3 is 2.76 bits per heavy atom. The van der Waals surface area contributed by atoms with Crippen LogP contribution in [0.5, 0.6) is 0 Å². The molecule has 17 heavy (non-hydrogen) atoms. The summed E-state index contributed by atoms with van der Waals surface area (Å²) in [6.45, 7) is 4.83. The molecular formula is C12H18N2O3. The molecule has 1 heterocycles. The van der Waals surface area contributed by atoms with Crippen molar-refractivity contribution < 1.29 is 15.0 Å². The topological polar surface area (TPSA) is 75.4 Å². The average Bonchev–Trinajstić information content (AvgIpc) is 2.59. The van der Waals surface area contributed by atoms with Crippen LogP contribution in [0.25, 0.3) is 0 Å². The van der Waals surface area contributed by atoms with Crippen LogP contribution >= 0.6 is 0 Å². The van der Waals surface area contributed by atoms with Crippen molar-refractivity contribution >= 4 is 5.97 Å². The molecule has 5 heteroatoms. The molecule has 0 aromatic carbocycles. The maximum Gasteiger partial charge on any atom is 0.315 e. The van der Waals surface area contributed by atoms with Gasteiger partial charge < -0.3 is 10.2 Å². The van der Waals surface area contributed by atoms with Gasteiger partial charge in [-0.2, -0.15) is 5.10 Å². The van der Waals surface area contributed by atoms with Crippen molar-refractivity contribution in [3.8, 4) is 0 Å². The zero-order valence-corrected chi connectivity index (χ0v) is 10.1. The van der Waals surface area contributed by atoms with Gasteiger partial charge in [0.2, 0.25) is 0 Å². The number of rotatable bonds is 4. The van der Waals surface area contributed by atoms with Gasteiger partial charge >= 0.3 is 5.97 Å². The van der Waals surface area contributed by atoms with Gasteiger partial charge in [0.1, 0.15) is 5.41 Å². The Balaban J connectivity index is 2.32. The van der Waals surface area contributed by atoms with Crippen LogP contribution in [0.15, 0.2) is 12.3 Å². The Labute approximate surface area is 100 Å². The third-order valence-corrected chi connectivity index (χ3v) is 3.32. The lowest BCUT2D eigenvalue weighted by Gasteiger charge is -2.41. The SMILES string of the molecule is CC(C)Cn1nccc1C1(C(=O)O)CC(O)C1. The van der Waals surface area contributed by atoms with Crippen LogP contribution < -0.4 is 0 Å². The highest BCUT2D eigenvalue weighted by Crippen LogP contribution is 2.44. The summed E-state index contributed by atoms with van der Waals surface area (Å²) in [5.74, 6) is -0.460. The van der Waals surface area contributed by atoms with E-state index in [0.29, 0.717) is 18.2 Å². The van der Waals surface area contributed by atoms with Crippen molar-refractivity contribution in [1.29, 1.82) is 0 Å². The minimum absolute atomic E-state index is 0.284. The summed E-state index contributed by atoms with van der Waals surface area (Å²) >= 11 is 0. The van der Waals surface area contributed by atoms with Gasteiger partial charge in [-0.25, -0.2) is 0 Å². The second-order valence-electron chi connectivity index (χ2n) is 5.24. The number of carboxylic acid groups (broad SMARTS) is 1. The molecule has 0 aliphatic heterocycles. The van der Waals surface area contributed by atoms with E-state index in [0.717, 1.165) is 0 Å². The molecule has 0 amide bonds. The molecule has 2 rings (SSSR count). The van der Waals surface area contributed by atoms with Gasteiger partial charge in [-0.1, -0.05) is 13.8 Å². The quantitative estimate of drug-likeness (QED) is 0.821. The standard InChI is InChI=1S/C12H18N2O3/c1-8(2)7-14-10(3-4-13-14)12(11(16)17)5-9(15)6-12/h3-4,8-9,15H,5-7H2,1-2H3,(H,16,17). The molecule has 0 unspecified atom stereocenters. The molecule has 0 spiro atoms. The molecule has 94 valence electrons. The van der Waals surface area contributed by atoms with Crippen molar-refractivity contribution in [3.63, 3.8) is 0 Å². The fourth-order valence-corrected chi connectivity index (χ4v) is 2.47. The van der Waals surface area contributed by atoms with Crippen molar-refractivity contribution in [2.75, 3.05) is 0 Å². The first kappa shape index (κ1) is 12.1. The second kappa shape index (κ2) is 4.14. The first-order valence-corrected chi connectivity index (χ1v) is 5.89. The van der Waals surface area contributed by atoms with Gasteiger partial charge in [0.25, 0.3) is 0 Å². The second-order valence-corrected chi connectivity index (χ2v) is 5.24. The molecule has 1 aliphatic carbocycles. The number of aliphatic hydroxyl groups is 1. The van der Waals surface area contributed by atoms with Crippen molar-refractivity contribution in [3.05, 3.63) is 18.0 Å². The summed E-state index contributed by atoms with van der Waals surface area (Å²) < 4.78 is 1.75. The predicted molar refractivity (Wildman–Crippen MR) is 61.6 cm³/mol. The summed E-state index contributed by atoms with van der Waals surface area (Å²) in [5, 5.41) is 23.0. The normalized spacial score (nSPS) is 28.1. The van der Waals surface area contributed by atoms with Crippen LogP contribution in [-0.4, -0.2) is 32.1 Å². The first-order chi connectivity index (χ1) is 7.95. The van der Waals surface area contributed by atoms with E-state index < -0.39 is 17.5 Å². The Morgan fingerprint density at radius 1 is 1.65 bits per heavy atom. The van der Waals surface area contributed by atoms with Crippen LogP contribution in [0.2, 0.25) is 0 Å². The van der Waals surface area contributed by atoms with Crippen molar-refractivity contribution in [2.45, 2.75) is 44.8 Å². The fourth-order valence-electron chi connectivity index (χ4n) is 2.47. The van der Waals surface area contributed by atoms with Crippen LogP contribution in [0.1, 0.15) is 32.4 Å². The molecule has 5 nitrogen and oxygen atoms in total. The number of aromatic nitrogens is 2. The molecule has 1 aliphatic rings. The summed E-state index contributed by atoms with van der Waals surface area (Å²) in [6.07, 6.45) is 1.69. The Kier molecular flexibility index (Phi) is 2.95. The monoisotopic (exact) mass is 238 g/mol. The maximum absolute atomic E-state index is 11.4. The lowest BCUT2D eigenvalue weighted by molar-refractivity contribution is -0.153. The summed E-state index contributed by atoms with van der Waals surface area (Å²) in [4.78, 5) is 11.4. The number of nitrogens with zero attached hydrogens (tertiary/aromatic N) is 2. The van der Waals surface area contributed by atoms with E-state index in [-0.39, 0.29) is 12.8 Å². The molecule has 0 radical (unpaired) electrons. The smallest absolute Gasteiger partial charge is 0.315 e. The van der Waals surface area contributed by atoms with Crippen LogP contribution in [0.3, 0.4) is 0 Å². The molecule has 1 aromatic heterocycles. The van der Waals surface area contributed by atoms with E-state index in [1.165, 1.54) is 0 Å². The molecular weight excluding hydrogens is 220 g/mol. The van der Waals surface area contributed by atoms with Gasteiger partial charge in [0.15, 0.2) is 0 Å². The van der Waals surface area contributed by atoms with E-state index in [4.69, 9.17) is 0 Å². The van der Waals surface area contributed by atoms with Crippen LogP contribution in [-0.2, 0) is 16.8 Å². The summed E-state index contributed by atoms with van der Waals surface area (Å²) in [7, 11) is 0. The van der Waals surface area contributed by atoms with Gasteiger partial charge in [-0.3, -0.25) is 9.48 Å². The Bertz CT molecular complexity index is 419. The third-order valence-electron chi connectivity index (χ3n) is 3.32.